The molecule has 1 aromatic rings. The minimum absolute atomic E-state index is 0.0332. The summed E-state index contributed by atoms with van der Waals surface area (Å²) in [5.74, 6) is 2.54. The standard InChI is InChI=1S/C13H22N4O2/c1-4-11-15-12(14-3)5-13(16-11)17-6-9(2)19-10(7-17)8-18/h5,9-10,18H,4,6-8H2,1-3H3,(H,14,15,16). The predicted molar refractivity (Wildman–Crippen MR) is 74.6 cm³/mol. The molecule has 0 spiro atoms. The maximum atomic E-state index is 9.28. The fourth-order valence-corrected chi connectivity index (χ4v) is 2.26. The summed E-state index contributed by atoms with van der Waals surface area (Å²) >= 11 is 0. The van der Waals surface area contributed by atoms with Crippen molar-refractivity contribution in [3.63, 3.8) is 0 Å². The van der Waals surface area contributed by atoms with E-state index in [4.69, 9.17) is 4.74 Å². The van der Waals surface area contributed by atoms with Crippen molar-refractivity contribution in [3.05, 3.63) is 11.9 Å². The normalized spacial score (nSPS) is 23.5. The van der Waals surface area contributed by atoms with Gasteiger partial charge in [-0.3, -0.25) is 0 Å². The highest BCUT2D eigenvalue weighted by molar-refractivity contribution is 5.49. The summed E-state index contributed by atoms with van der Waals surface area (Å²) in [5, 5.41) is 12.3. The van der Waals surface area contributed by atoms with E-state index >= 15 is 0 Å². The molecule has 0 aromatic carbocycles. The lowest BCUT2D eigenvalue weighted by Crippen LogP contribution is -2.48. The van der Waals surface area contributed by atoms with Crippen LogP contribution in [-0.4, -0.2) is 54.0 Å². The van der Waals surface area contributed by atoms with Crippen LogP contribution < -0.4 is 10.2 Å². The molecule has 1 fully saturated rings. The Bertz CT molecular complexity index is 405. The molecule has 2 unspecified atom stereocenters. The minimum Gasteiger partial charge on any atom is -0.394 e. The van der Waals surface area contributed by atoms with E-state index in [1.165, 1.54) is 0 Å². The molecule has 2 atom stereocenters. The first-order valence-electron chi connectivity index (χ1n) is 6.73. The first-order chi connectivity index (χ1) is 9.16. The van der Waals surface area contributed by atoms with Crippen molar-refractivity contribution in [1.29, 1.82) is 0 Å². The molecule has 6 nitrogen and oxygen atoms in total. The minimum atomic E-state index is -0.151. The summed E-state index contributed by atoms with van der Waals surface area (Å²) < 4.78 is 5.65. The predicted octanol–water partition coefficient (Wildman–Crippen LogP) is 0.667. The average molecular weight is 266 g/mol. The van der Waals surface area contributed by atoms with Crippen LogP contribution in [0.4, 0.5) is 11.6 Å². The van der Waals surface area contributed by atoms with Crippen LogP contribution >= 0.6 is 0 Å². The van der Waals surface area contributed by atoms with Gasteiger partial charge in [-0.1, -0.05) is 6.92 Å². The van der Waals surface area contributed by atoms with Crippen LogP contribution in [0.5, 0.6) is 0 Å². The van der Waals surface area contributed by atoms with E-state index in [0.717, 1.165) is 30.4 Å². The zero-order valence-corrected chi connectivity index (χ0v) is 11.8. The van der Waals surface area contributed by atoms with Crippen molar-refractivity contribution >= 4 is 11.6 Å². The quantitative estimate of drug-likeness (QED) is 0.834. The Morgan fingerprint density at radius 2 is 2.26 bits per heavy atom. The number of aliphatic hydroxyl groups is 1. The van der Waals surface area contributed by atoms with E-state index in [1.54, 1.807) is 0 Å². The largest absolute Gasteiger partial charge is 0.394 e. The summed E-state index contributed by atoms with van der Waals surface area (Å²) in [5.41, 5.74) is 0. The van der Waals surface area contributed by atoms with E-state index in [1.807, 2.05) is 27.0 Å². The fourth-order valence-electron chi connectivity index (χ4n) is 2.26. The lowest BCUT2D eigenvalue weighted by molar-refractivity contribution is -0.0423. The maximum Gasteiger partial charge on any atom is 0.134 e. The molecule has 1 saturated heterocycles. The van der Waals surface area contributed by atoms with Gasteiger partial charge in [-0.25, -0.2) is 9.97 Å². The summed E-state index contributed by atoms with van der Waals surface area (Å²) in [6, 6.07) is 1.94. The molecule has 0 aliphatic carbocycles. The molecule has 2 rings (SSSR count). The number of rotatable bonds is 4. The van der Waals surface area contributed by atoms with Crippen molar-refractivity contribution in [1.82, 2.24) is 9.97 Å². The van der Waals surface area contributed by atoms with E-state index in [2.05, 4.69) is 20.2 Å². The van der Waals surface area contributed by atoms with Crippen LogP contribution in [0, 0.1) is 0 Å². The third-order valence-corrected chi connectivity index (χ3v) is 3.19. The molecule has 2 heterocycles. The topological polar surface area (TPSA) is 70.5 Å². The Hall–Kier alpha value is -1.40. The van der Waals surface area contributed by atoms with Gasteiger partial charge in [0.15, 0.2) is 0 Å². The highest BCUT2D eigenvalue weighted by atomic mass is 16.5. The third kappa shape index (κ3) is 3.33. The average Bonchev–Trinajstić information content (AvgIpc) is 2.45. The second-order valence-electron chi connectivity index (χ2n) is 4.79. The van der Waals surface area contributed by atoms with Crippen molar-refractivity contribution in [2.24, 2.45) is 0 Å². The van der Waals surface area contributed by atoms with Crippen molar-refractivity contribution in [2.75, 3.05) is 37.0 Å². The Labute approximate surface area is 113 Å². The molecule has 0 radical (unpaired) electrons. The second-order valence-corrected chi connectivity index (χ2v) is 4.79. The number of aromatic nitrogens is 2. The van der Waals surface area contributed by atoms with Crippen LogP contribution in [0.2, 0.25) is 0 Å². The highest BCUT2D eigenvalue weighted by Crippen LogP contribution is 2.21. The van der Waals surface area contributed by atoms with Crippen molar-refractivity contribution in [3.8, 4) is 0 Å². The first-order valence-corrected chi connectivity index (χ1v) is 6.73. The molecule has 1 aromatic heterocycles. The summed E-state index contributed by atoms with van der Waals surface area (Å²) in [7, 11) is 1.85. The molecule has 1 aliphatic heterocycles. The number of aryl methyl sites for hydroxylation is 1. The molecule has 0 bridgehead atoms. The zero-order chi connectivity index (χ0) is 13.8. The van der Waals surface area contributed by atoms with Crippen molar-refractivity contribution < 1.29 is 9.84 Å². The van der Waals surface area contributed by atoms with Crippen LogP contribution in [0.1, 0.15) is 19.7 Å². The third-order valence-electron chi connectivity index (χ3n) is 3.19. The molecule has 19 heavy (non-hydrogen) atoms. The summed E-state index contributed by atoms with van der Waals surface area (Å²) in [6.45, 7) is 5.52. The van der Waals surface area contributed by atoms with E-state index < -0.39 is 0 Å². The van der Waals surface area contributed by atoms with Gasteiger partial charge in [-0.2, -0.15) is 0 Å². The molecular formula is C13H22N4O2. The maximum absolute atomic E-state index is 9.28. The number of hydrogen-bond acceptors (Lipinski definition) is 6. The molecule has 0 saturated carbocycles. The van der Waals surface area contributed by atoms with Gasteiger partial charge >= 0.3 is 0 Å². The van der Waals surface area contributed by atoms with Crippen LogP contribution in [0.3, 0.4) is 0 Å². The zero-order valence-electron chi connectivity index (χ0n) is 11.8. The summed E-state index contributed by atoms with van der Waals surface area (Å²) in [6.07, 6.45) is 0.733. The number of nitrogens with one attached hydrogen (secondary N) is 1. The number of nitrogens with zero attached hydrogens (tertiary/aromatic N) is 3. The van der Waals surface area contributed by atoms with Gasteiger partial charge in [0.1, 0.15) is 17.5 Å². The SMILES string of the molecule is CCc1nc(NC)cc(N2CC(C)OC(CO)C2)n1. The molecule has 6 heteroatoms. The van der Waals surface area contributed by atoms with Gasteiger partial charge in [0.25, 0.3) is 0 Å². The van der Waals surface area contributed by atoms with Gasteiger partial charge in [-0.15, -0.1) is 0 Å². The summed E-state index contributed by atoms with van der Waals surface area (Å²) in [4.78, 5) is 11.1. The molecule has 0 amide bonds. The lowest BCUT2D eigenvalue weighted by atomic mass is 10.2. The lowest BCUT2D eigenvalue weighted by Gasteiger charge is -2.36. The van der Waals surface area contributed by atoms with Gasteiger partial charge in [0.2, 0.25) is 0 Å². The number of anilines is 2. The van der Waals surface area contributed by atoms with E-state index in [-0.39, 0.29) is 18.8 Å². The molecule has 106 valence electrons. The van der Waals surface area contributed by atoms with E-state index in [0.29, 0.717) is 6.54 Å². The first kappa shape index (κ1) is 14.0. The van der Waals surface area contributed by atoms with Gasteiger partial charge in [-0.05, 0) is 6.92 Å². The van der Waals surface area contributed by atoms with E-state index in [9.17, 15) is 5.11 Å². The van der Waals surface area contributed by atoms with Crippen LogP contribution in [0.25, 0.3) is 0 Å². The Kier molecular flexibility index (Phi) is 4.55. The van der Waals surface area contributed by atoms with Gasteiger partial charge in [0.05, 0.1) is 18.8 Å². The number of hydrogen-bond donors (Lipinski definition) is 2. The second kappa shape index (κ2) is 6.16. The number of morpholine rings is 1. The number of ether oxygens (including phenoxy) is 1. The van der Waals surface area contributed by atoms with Gasteiger partial charge < -0.3 is 20.1 Å². The highest BCUT2D eigenvalue weighted by Gasteiger charge is 2.26. The molecule has 1 aliphatic rings. The van der Waals surface area contributed by atoms with Crippen LogP contribution in [0.15, 0.2) is 6.07 Å². The van der Waals surface area contributed by atoms with Gasteiger partial charge in [0, 0.05) is 32.6 Å². The Morgan fingerprint density at radius 3 is 2.89 bits per heavy atom. The monoisotopic (exact) mass is 266 g/mol. The number of aliphatic hydroxyl groups excluding tert-OH is 1. The smallest absolute Gasteiger partial charge is 0.134 e. The Morgan fingerprint density at radius 1 is 1.47 bits per heavy atom. The Balaban J connectivity index is 2.24. The molecular weight excluding hydrogens is 244 g/mol. The van der Waals surface area contributed by atoms with Crippen molar-refractivity contribution in [2.45, 2.75) is 32.5 Å². The van der Waals surface area contributed by atoms with Crippen LogP contribution in [-0.2, 0) is 11.2 Å². The molecule has 2 N–H and O–H groups in total. The fraction of sp³-hybridized carbons (Fsp3) is 0.692.